The predicted molar refractivity (Wildman–Crippen MR) is 81.6 cm³/mol. The Labute approximate surface area is 123 Å². The molecule has 6 heteroatoms. The molecule has 20 heavy (non-hydrogen) atoms. The fourth-order valence-corrected chi connectivity index (χ4v) is 2.38. The maximum absolute atomic E-state index is 12.2. The number of carbonyl (C=O) groups excluding carboxylic acids is 1. The van der Waals surface area contributed by atoms with Crippen molar-refractivity contribution in [2.75, 3.05) is 32.6 Å². The molecule has 1 saturated heterocycles. The summed E-state index contributed by atoms with van der Waals surface area (Å²) in [6, 6.07) is 5.23. The summed E-state index contributed by atoms with van der Waals surface area (Å²) in [5.41, 5.74) is 0.554. The van der Waals surface area contributed by atoms with Crippen LogP contribution in [0.3, 0.4) is 0 Å². The van der Waals surface area contributed by atoms with Crippen molar-refractivity contribution in [3.8, 4) is 11.5 Å². The zero-order valence-electron chi connectivity index (χ0n) is 11.6. The van der Waals surface area contributed by atoms with Crippen molar-refractivity contribution >= 4 is 28.8 Å². The smallest absolute Gasteiger partial charge is 0.283 e. The van der Waals surface area contributed by atoms with E-state index in [9.17, 15) is 4.79 Å². The van der Waals surface area contributed by atoms with Gasteiger partial charge in [-0.25, -0.2) is 0 Å². The van der Waals surface area contributed by atoms with E-state index in [1.807, 2.05) is 4.90 Å². The third-order valence-corrected chi connectivity index (χ3v) is 3.69. The van der Waals surface area contributed by atoms with Gasteiger partial charge in [0.2, 0.25) is 0 Å². The molecule has 0 spiro atoms. The number of likely N-dealkylation sites (tertiary alicyclic amines) is 1. The van der Waals surface area contributed by atoms with E-state index in [-0.39, 0.29) is 5.91 Å². The van der Waals surface area contributed by atoms with Crippen molar-refractivity contribution in [1.29, 1.82) is 0 Å². The van der Waals surface area contributed by atoms with Gasteiger partial charge in [0.15, 0.2) is 4.99 Å². The van der Waals surface area contributed by atoms with Gasteiger partial charge in [-0.2, -0.15) is 0 Å². The van der Waals surface area contributed by atoms with E-state index in [2.05, 4.69) is 5.32 Å². The number of rotatable bonds is 3. The van der Waals surface area contributed by atoms with Crippen LogP contribution >= 0.6 is 12.2 Å². The number of nitrogens with one attached hydrogen (secondary N) is 1. The normalized spacial score (nSPS) is 14.0. The largest absolute Gasteiger partial charge is 0.497 e. The molecule has 0 aliphatic carbocycles. The number of anilines is 1. The molecule has 0 radical (unpaired) electrons. The third kappa shape index (κ3) is 3.19. The Hall–Kier alpha value is -1.82. The van der Waals surface area contributed by atoms with Crippen molar-refractivity contribution in [3.63, 3.8) is 0 Å². The molecule has 1 aliphatic heterocycles. The fraction of sp³-hybridized carbons (Fsp3) is 0.429. The Morgan fingerprint density at radius 1 is 1.25 bits per heavy atom. The van der Waals surface area contributed by atoms with E-state index in [1.54, 1.807) is 32.4 Å². The molecule has 1 aromatic rings. The van der Waals surface area contributed by atoms with Crippen LogP contribution in [0.25, 0.3) is 0 Å². The fourth-order valence-electron chi connectivity index (χ4n) is 2.15. The Kier molecular flexibility index (Phi) is 4.79. The zero-order valence-corrected chi connectivity index (χ0v) is 12.5. The highest BCUT2D eigenvalue weighted by Gasteiger charge is 2.21. The average molecular weight is 294 g/mol. The van der Waals surface area contributed by atoms with Crippen LogP contribution in [0.1, 0.15) is 12.8 Å². The first-order valence-electron chi connectivity index (χ1n) is 6.48. The molecule has 1 aromatic carbocycles. The van der Waals surface area contributed by atoms with Crippen LogP contribution in [-0.2, 0) is 4.79 Å². The molecule has 5 nitrogen and oxygen atoms in total. The maximum Gasteiger partial charge on any atom is 0.283 e. The molecular formula is C14H18N2O3S. The molecule has 1 fully saturated rings. The summed E-state index contributed by atoms with van der Waals surface area (Å²) in [5, 5.41) is 2.79. The summed E-state index contributed by atoms with van der Waals surface area (Å²) < 4.78 is 10.4. The average Bonchev–Trinajstić information content (AvgIpc) is 3.00. The second kappa shape index (κ2) is 6.56. The van der Waals surface area contributed by atoms with Gasteiger partial charge in [-0.3, -0.25) is 4.79 Å². The van der Waals surface area contributed by atoms with E-state index in [1.165, 1.54) is 0 Å². The van der Waals surface area contributed by atoms with E-state index in [4.69, 9.17) is 21.7 Å². The second-order valence-electron chi connectivity index (χ2n) is 4.52. The topological polar surface area (TPSA) is 50.8 Å². The van der Waals surface area contributed by atoms with E-state index >= 15 is 0 Å². The molecule has 0 atom stereocenters. The number of methoxy groups -OCH3 is 2. The minimum atomic E-state index is -0.284. The third-order valence-electron chi connectivity index (χ3n) is 3.24. The summed E-state index contributed by atoms with van der Waals surface area (Å²) >= 11 is 5.22. The molecule has 108 valence electrons. The number of ether oxygens (including phenoxy) is 2. The minimum absolute atomic E-state index is 0.284. The van der Waals surface area contributed by atoms with Gasteiger partial charge in [-0.15, -0.1) is 0 Å². The number of carbonyl (C=O) groups is 1. The lowest BCUT2D eigenvalue weighted by Crippen LogP contribution is -2.36. The maximum atomic E-state index is 12.2. The first-order valence-corrected chi connectivity index (χ1v) is 6.89. The van der Waals surface area contributed by atoms with Crippen molar-refractivity contribution in [3.05, 3.63) is 18.2 Å². The van der Waals surface area contributed by atoms with Crippen LogP contribution in [0.4, 0.5) is 5.69 Å². The van der Waals surface area contributed by atoms with Gasteiger partial charge in [0.05, 0.1) is 19.9 Å². The van der Waals surface area contributed by atoms with Crippen LogP contribution in [-0.4, -0.2) is 43.1 Å². The van der Waals surface area contributed by atoms with Gasteiger partial charge in [0, 0.05) is 19.2 Å². The Balaban J connectivity index is 2.11. The van der Waals surface area contributed by atoms with Crippen molar-refractivity contribution in [2.24, 2.45) is 0 Å². The number of amides is 1. The summed E-state index contributed by atoms with van der Waals surface area (Å²) in [4.78, 5) is 14.4. The molecule has 0 unspecified atom stereocenters. The summed E-state index contributed by atoms with van der Waals surface area (Å²) in [7, 11) is 3.12. The minimum Gasteiger partial charge on any atom is -0.497 e. The van der Waals surface area contributed by atoms with Crippen LogP contribution in [0.15, 0.2) is 18.2 Å². The van der Waals surface area contributed by atoms with Gasteiger partial charge < -0.3 is 19.7 Å². The van der Waals surface area contributed by atoms with Crippen LogP contribution in [0.2, 0.25) is 0 Å². The molecule has 2 rings (SSSR count). The molecular weight excluding hydrogens is 276 g/mol. The van der Waals surface area contributed by atoms with Gasteiger partial charge in [0.25, 0.3) is 5.91 Å². The molecule has 0 bridgehead atoms. The van der Waals surface area contributed by atoms with Crippen LogP contribution in [0, 0.1) is 0 Å². The summed E-state index contributed by atoms with van der Waals surface area (Å²) in [6.45, 7) is 1.70. The van der Waals surface area contributed by atoms with Crippen LogP contribution in [0.5, 0.6) is 11.5 Å². The lowest BCUT2D eigenvalue weighted by Gasteiger charge is -2.18. The van der Waals surface area contributed by atoms with Gasteiger partial charge >= 0.3 is 0 Å². The first-order chi connectivity index (χ1) is 9.65. The summed E-state index contributed by atoms with van der Waals surface area (Å²) in [6.07, 6.45) is 2.16. The predicted octanol–water partition coefficient (Wildman–Crippen LogP) is 2.07. The molecule has 0 saturated carbocycles. The lowest BCUT2D eigenvalue weighted by atomic mass is 10.2. The number of thiocarbonyl (C=S) groups is 1. The first kappa shape index (κ1) is 14.6. The Morgan fingerprint density at radius 3 is 2.55 bits per heavy atom. The van der Waals surface area contributed by atoms with E-state index < -0.39 is 0 Å². The molecule has 1 amide bonds. The Morgan fingerprint density at radius 2 is 1.95 bits per heavy atom. The Bertz CT molecular complexity index is 513. The number of benzene rings is 1. The standard InChI is InChI=1S/C14H18N2O3S/c1-18-10-5-6-12(19-2)11(9-10)15-13(17)14(20)16-7-3-4-8-16/h5-6,9H,3-4,7-8H2,1-2H3,(H,15,17). The highest BCUT2D eigenvalue weighted by Crippen LogP contribution is 2.29. The monoisotopic (exact) mass is 294 g/mol. The lowest BCUT2D eigenvalue weighted by molar-refractivity contribution is -0.110. The summed E-state index contributed by atoms with van der Waals surface area (Å²) in [5.74, 6) is 0.935. The molecule has 1 N–H and O–H groups in total. The number of hydrogen-bond donors (Lipinski definition) is 1. The van der Waals surface area contributed by atoms with Crippen molar-refractivity contribution in [1.82, 2.24) is 4.90 Å². The highest BCUT2D eigenvalue weighted by molar-refractivity contribution is 7.82. The van der Waals surface area contributed by atoms with E-state index in [0.717, 1.165) is 25.9 Å². The van der Waals surface area contributed by atoms with Gasteiger partial charge in [-0.1, -0.05) is 12.2 Å². The second-order valence-corrected chi connectivity index (χ2v) is 4.91. The van der Waals surface area contributed by atoms with E-state index in [0.29, 0.717) is 22.2 Å². The van der Waals surface area contributed by atoms with Crippen LogP contribution < -0.4 is 14.8 Å². The van der Waals surface area contributed by atoms with Gasteiger partial charge in [0.1, 0.15) is 11.5 Å². The highest BCUT2D eigenvalue weighted by atomic mass is 32.1. The number of hydrogen-bond acceptors (Lipinski definition) is 4. The number of nitrogens with zero attached hydrogens (tertiary/aromatic N) is 1. The SMILES string of the molecule is COc1ccc(OC)c(NC(=O)C(=S)N2CCCC2)c1. The molecule has 1 aliphatic rings. The van der Waals surface area contributed by atoms with Gasteiger partial charge in [-0.05, 0) is 25.0 Å². The van der Waals surface area contributed by atoms with Crippen molar-refractivity contribution < 1.29 is 14.3 Å². The van der Waals surface area contributed by atoms with Crippen molar-refractivity contribution in [2.45, 2.75) is 12.8 Å². The zero-order chi connectivity index (χ0) is 14.5. The quantitative estimate of drug-likeness (QED) is 0.865. The molecule has 0 aromatic heterocycles. The molecule has 1 heterocycles.